The van der Waals surface area contributed by atoms with E-state index in [1.54, 1.807) is 18.5 Å². The van der Waals surface area contributed by atoms with E-state index in [1.807, 2.05) is 6.92 Å². The van der Waals surface area contributed by atoms with Crippen molar-refractivity contribution in [1.82, 2.24) is 13.9 Å². The summed E-state index contributed by atoms with van der Waals surface area (Å²) in [5.41, 5.74) is 0. The number of sulfonamides is 1. The molecule has 0 saturated carbocycles. The average Bonchev–Trinajstić information content (AvgIpc) is 2.95. The fourth-order valence-electron chi connectivity index (χ4n) is 2.27. The molecule has 9 heteroatoms. The number of rotatable bonds is 5. The van der Waals surface area contributed by atoms with Crippen LogP contribution in [-0.2, 0) is 21.9 Å². The van der Waals surface area contributed by atoms with E-state index in [4.69, 9.17) is 0 Å². The number of aryl methyl sites for hydroxylation is 2. The molecule has 1 aliphatic heterocycles. The Labute approximate surface area is 128 Å². The monoisotopic (exact) mass is 333 g/mol. The third-order valence-electron chi connectivity index (χ3n) is 3.49. The summed E-state index contributed by atoms with van der Waals surface area (Å²) in [7, 11) is -2.20. The molecule has 2 atom stereocenters. The van der Waals surface area contributed by atoms with Gasteiger partial charge in [-0.3, -0.25) is 4.79 Å². The van der Waals surface area contributed by atoms with Crippen LogP contribution >= 0.6 is 11.8 Å². The van der Waals surface area contributed by atoms with Gasteiger partial charge in [-0.25, -0.2) is 13.4 Å². The zero-order chi connectivity index (χ0) is 15.8. The Hall–Kier alpha value is -1.06. The van der Waals surface area contributed by atoms with Crippen molar-refractivity contribution in [3.63, 3.8) is 0 Å². The quantitative estimate of drug-likeness (QED) is 0.866. The molecule has 2 heterocycles. The second kappa shape index (κ2) is 5.98. The van der Waals surface area contributed by atoms with E-state index in [0.717, 1.165) is 10.7 Å². The lowest BCUT2D eigenvalue weighted by atomic mass is 10.3. The van der Waals surface area contributed by atoms with Gasteiger partial charge in [0.1, 0.15) is 11.9 Å². The van der Waals surface area contributed by atoms with Gasteiger partial charge in [0.15, 0.2) is 5.03 Å². The highest BCUT2D eigenvalue weighted by Gasteiger charge is 2.46. The molecule has 0 bridgehead atoms. The largest absolute Gasteiger partial charge is 0.480 e. The summed E-state index contributed by atoms with van der Waals surface area (Å²) in [6.45, 7) is 3.65. The van der Waals surface area contributed by atoms with Crippen LogP contribution in [0.2, 0.25) is 0 Å². The molecule has 1 aromatic rings. The average molecular weight is 333 g/mol. The summed E-state index contributed by atoms with van der Waals surface area (Å²) in [5.74, 6) is -0.276. The van der Waals surface area contributed by atoms with Crippen LogP contribution in [0.3, 0.4) is 0 Å². The molecule has 1 saturated heterocycles. The maximum atomic E-state index is 12.8. The van der Waals surface area contributed by atoms with Gasteiger partial charge in [0.2, 0.25) is 0 Å². The number of nitrogens with zero attached hydrogens (tertiary/aromatic N) is 3. The van der Waals surface area contributed by atoms with Crippen molar-refractivity contribution in [1.29, 1.82) is 0 Å². The highest BCUT2D eigenvalue weighted by atomic mass is 32.2. The second-order valence-corrected chi connectivity index (χ2v) is 8.00. The van der Waals surface area contributed by atoms with Crippen LogP contribution in [-0.4, -0.2) is 50.5 Å². The number of carboxylic acids is 1. The Balaban J connectivity index is 2.44. The van der Waals surface area contributed by atoms with Crippen LogP contribution in [0.25, 0.3) is 0 Å². The zero-order valence-corrected chi connectivity index (χ0v) is 13.8. The zero-order valence-electron chi connectivity index (χ0n) is 12.2. The fourth-order valence-corrected chi connectivity index (χ4v) is 5.96. The molecule has 0 radical (unpaired) electrons. The van der Waals surface area contributed by atoms with E-state index in [-0.39, 0.29) is 16.2 Å². The summed E-state index contributed by atoms with van der Waals surface area (Å²) >= 11 is 1.38. The predicted molar refractivity (Wildman–Crippen MR) is 79.5 cm³/mol. The topological polar surface area (TPSA) is 92.5 Å². The number of aromatic nitrogens is 2. The van der Waals surface area contributed by atoms with Crippen molar-refractivity contribution in [2.24, 2.45) is 7.05 Å². The van der Waals surface area contributed by atoms with E-state index in [1.165, 1.54) is 18.0 Å². The van der Waals surface area contributed by atoms with Gasteiger partial charge in [0.05, 0.1) is 5.37 Å². The lowest BCUT2D eigenvalue weighted by molar-refractivity contribution is -0.140. The number of carbonyl (C=O) groups is 1. The summed E-state index contributed by atoms with van der Waals surface area (Å²) in [6, 6.07) is -1.03. The molecule has 7 nitrogen and oxygen atoms in total. The summed E-state index contributed by atoms with van der Waals surface area (Å²) < 4.78 is 28.3. The SMILES string of the molecule is CCCC1SCC(C(=O)O)N1S(=O)(=O)c1cn(C)c(C)n1. The number of imidazole rings is 1. The first-order valence-corrected chi connectivity index (χ1v) is 9.15. The fraction of sp³-hybridized carbons (Fsp3) is 0.667. The van der Waals surface area contributed by atoms with Crippen LogP contribution in [0.4, 0.5) is 0 Å². The highest BCUT2D eigenvalue weighted by molar-refractivity contribution is 8.01. The molecule has 2 rings (SSSR count). The molecular formula is C12H19N3O4S2. The Morgan fingerprint density at radius 2 is 2.24 bits per heavy atom. The van der Waals surface area contributed by atoms with Gasteiger partial charge >= 0.3 is 5.97 Å². The summed E-state index contributed by atoms with van der Waals surface area (Å²) in [5, 5.41) is 8.86. The Kier molecular flexibility index (Phi) is 4.64. The van der Waals surface area contributed by atoms with Crippen molar-refractivity contribution >= 4 is 27.8 Å². The van der Waals surface area contributed by atoms with E-state index < -0.39 is 22.0 Å². The lowest BCUT2D eigenvalue weighted by Gasteiger charge is -2.25. The van der Waals surface area contributed by atoms with Crippen LogP contribution < -0.4 is 0 Å². The third-order valence-corrected chi connectivity index (χ3v) is 6.77. The van der Waals surface area contributed by atoms with E-state index in [2.05, 4.69) is 4.98 Å². The molecule has 0 spiro atoms. The van der Waals surface area contributed by atoms with Gasteiger partial charge < -0.3 is 9.67 Å². The molecule has 21 heavy (non-hydrogen) atoms. The van der Waals surface area contributed by atoms with Crippen molar-refractivity contribution in [2.45, 2.75) is 43.1 Å². The number of thioether (sulfide) groups is 1. The standard InChI is InChI=1S/C12H19N3O4S2/c1-4-5-11-15(9(7-20-11)12(16)17)21(18,19)10-6-14(3)8(2)13-10/h6,9,11H,4-5,7H2,1-3H3,(H,16,17). The first-order valence-electron chi connectivity index (χ1n) is 6.67. The highest BCUT2D eigenvalue weighted by Crippen LogP contribution is 2.36. The predicted octanol–water partition coefficient (Wildman–Crippen LogP) is 1.05. The van der Waals surface area contributed by atoms with Gasteiger partial charge in [-0.2, -0.15) is 4.31 Å². The first-order chi connectivity index (χ1) is 9.78. The molecule has 0 aliphatic carbocycles. The molecule has 1 fully saturated rings. The third kappa shape index (κ3) is 2.95. The van der Waals surface area contributed by atoms with Gasteiger partial charge in [-0.05, 0) is 13.3 Å². The minimum absolute atomic E-state index is 0.0858. The number of aliphatic carboxylic acids is 1. The molecule has 1 aromatic heterocycles. The smallest absolute Gasteiger partial charge is 0.322 e. The van der Waals surface area contributed by atoms with Crippen molar-refractivity contribution < 1.29 is 18.3 Å². The van der Waals surface area contributed by atoms with Gasteiger partial charge in [-0.15, -0.1) is 11.8 Å². The van der Waals surface area contributed by atoms with Gasteiger partial charge in [-0.1, -0.05) is 13.3 Å². The Morgan fingerprint density at radius 3 is 2.71 bits per heavy atom. The minimum Gasteiger partial charge on any atom is -0.480 e. The van der Waals surface area contributed by atoms with E-state index in [9.17, 15) is 18.3 Å². The van der Waals surface area contributed by atoms with Gasteiger partial charge in [0, 0.05) is 19.0 Å². The van der Waals surface area contributed by atoms with Gasteiger partial charge in [0.25, 0.3) is 10.0 Å². The normalized spacial score (nSPS) is 23.6. The molecular weight excluding hydrogens is 314 g/mol. The van der Waals surface area contributed by atoms with Crippen molar-refractivity contribution in [3.8, 4) is 0 Å². The molecule has 1 N–H and O–H groups in total. The molecule has 118 valence electrons. The maximum absolute atomic E-state index is 12.8. The lowest BCUT2D eigenvalue weighted by Crippen LogP contribution is -2.45. The molecule has 0 amide bonds. The van der Waals surface area contributed by atoms with Crippen LogP contribution in [0.15, 0.2) is 11.2 Å². The van der Waals surface area contributed by atoms with Crippen LogP contribution in [0.5, 0.6) is 0 Å². The summed E-state index contributed by atoms with van der Waals surface area (Å²) in [4.78, 5) is 15.4. The van der Waals surface area contributed by atoms with Crippen LogP contribution in [0, 0.1) is 6.92 Å². The molecule has 0 aromatic carbocycles. The van der Waals surface area contributed by atoms with E-state index >= 15 is 0 Å². The molecule has 2 unspecified atom stereocenters. The van der Waals surface area contributed by atoms with Crippen molar-refractivity contribution in [2.75, 3.05) is 5.75 Å². The van der Waals surface area contributed by atoms with E-state index in [0.29, 0.717) is 12.2 Å². The van der Waals surface area contributed by atoms with Crippen molar-refractivity contribution in [3.05, 3.63) is 12.0 Å². The maximum Gasteiger partial charge on any atom is 0.322 e. The number of hydrogen-bond donors (Lipinski definition) is 1. The van der Waals surface area contributed by atoms with Crippen LogP contribution in [0.1, 0.15) is 25.6 Å². The second-order valence-electron chi connectivity index (χ2n) is 5.00. The Morgan fingerprint density at radius 1 is 1.57 bits per heavy atom. The minimum atomic E-state index is -3.91. The summed E-state index contributed by atoms with van der Waals surface area (Å²) in [6.07, 6.45) is 2.84. The number of carboxylic acid groups (broad SMARTS) is 1. The molecule has 1 aliphatic rings. The number of hydrogen-bond acceptors (Lipinski definition) is 5. The first kappa shape index (κ1) is 16.3. The Bertz CT molecular complexity index is 621.